The first kappa shape index (κ1) is 10.9. The van der Waals surface area contributed by atoms with Crippen molar-refractivity contribution in [2.24, 2.45) is 17.6 Å². The summed E-state index contributed by atoms with van der Waals surface area (Å²) in [7, 11) is 0. The van der Waals surface area contributed by atoms with Gasteiger partial charge in [-0.1, -0.05) is 0 Å². The van der Waals surface area contributed by atoms with E-state index in [0.29, 0.717) is 0 Å². The van der Waals surface area contributed by atoms with Crippen LogP contribution in [-0.4, -0.2) is 43.5 Å². The molecule has 15 heavy (non-hydrogen) atoms. The number of carbonyl (C=O) groups excluding carboxylic acids is 1. The molecule has 2 saturated heterocycles. The lowest BCUT2D eigenvalue weighted by atomic mass is 9.94. The number of hydrogen-bond donors (Lipinski definition) is 2. The van der Waals surface area contributed by atoms with Gasteiger partial charge in [0.1, 0.15) is 0 Å². The molecule has 2 aliphatic rings. The van der Waals surface area contributed by atoms with Crippen molar-refractivity contribution in [2.75, 3.05) is 32.7 Å². The minimum Gasteiger partial charge on any atom is -0.369 e. The highest BCUT2D eigenvalue weighted by Crippen LogP contribution is 2.18. The van der Waals surface area contributed by atoms with Crippen LogP contribution in [0.3, 0.4) is 0 Å². The van der Waals surface area contributed by atoms with Crippen LogP contribution in [0.25, 0.3) is 0 Å². The third-order valence-electron chi connectivity index (χ3n) is 3.71. The van der Waals surface area contributed by atoms with Crippen molar-refractivity contribution >= 4 is 5.91 Å². The molecule has 0 aromatic rings. The van der Waals surface area contributed by atoms with Crippen LogP contribution < -0.4 is 11.1 Å². The first-order chi connectivity index (χ1) is 7.25. The van der Waals surface area contributed by atoms with E-state index in [9.17, 15) is 4.79 Å². The lowest BCUT2D eigenvalue weighted by molar-refractivity contribution is -0.123. The SMILES string of the molecule is NC(=O)C1CCN(CCC2CNC2)CC1. The lowest BCUT2D eigenvalue weighted by Crippen LogP contribution is -2.45. The number of likely N-dealkylation sites (tertiary alicyclic amines) is 1. The summed E-state index contributed by atoms with van der Waals surface area (Å²) in [6.45, 7) is 5.68. The van der Waals surface area contributed by atoms with Crippen molar-refractivity contribution in [1.82, 2.24) is 10.2 Å². The molecular weight excluding hydrogens is 190 g/mol. The standard InChI is InChI=1S/C11H21N3O/c12-11(15)10-2-5-14(6-3-10)4-1-9-7-13-8-9/h9-10,13H,1-8H2,(H2,12,15). The largest absolute Gasteiger partial charge is 0.369 e. The first-order valence-corrected chi connectivity index (χ1v) is 5.98. The van der Waals surface area contributed by atoms with E-state index >= 15 is 0 Å². The van der Waals surface area contributed by atoms with Gasteiger partial charge in [0.2, 0.25) is 5.91 Å². The van der Waals surface area contributed by atoms with Gasteiger partial charge in [0.05, 0.1) is 0 Å². The van der Waals surface area contributed by atoms with E-state index in [1.54, 1.807) is 0 Å². The van der Waals surface area contributed by atoms with Gasteiger partial charge in [-0.25, -0.2) is 0 Å². The number of carbonyl (C=O) groups is 1. The Kier molecular flexibility index (Phi) is 3.59. The number of hydrogen-bond acceptors (Lipinski definition) is 3. The van der Waals surface area contributed by atoms with Crippen LogP contribution in [0, 0.1) is 11.8 Å². The van der Waals surface area contributed by atoms with Gasteiger partial charge < -0.3 is 16.0 Å². The predicted molar refractivity (Wildman–Crippen MR) is 59.3 cm³/mol. The molecular formula is C11H21N3O. The second kappa shape index (κ2) is 4.94. The van der Waals surface area contributed by atoms with Crippen molar-refractivity contribution < 1.29 is 4.79 Å². The number of primary amides is 1. The van der Waals surface area contributed by atoms with Crippen LogP contribution in [0.5, 0.6) is 0 Å². The summed E-state index contributed by atoms with van der Waals surface area (Å²) < 4.78 is 0. The highest BCUT2D eigenvalue weighted by Gasteiger charge is 2.24. The van der Waals surface area contributed by atoms with Gasteiger partial charge in [-0.3, -0.25) is 4.79 Å². The zero-order valence-electron chi connectivity index (χ0n) is 9.24. The first-order valence-electron chi connectivity index (χ1n) is 5.98. The Hall–Kier alpha value is -0.610. The van der Waals surface area contributed by atoms with Crippen LogP contribution in [0.1, 0.15) is 19.3 Å². The molecule has 4 heteroatoms. The quantitative estimate of drug-likeness (QED) is 0.676. The molecule has 0 aliphatic carbocycles. The summed E-state index contributed by atoms with van der Waals surface area (Å²) in [6.07, 6.45) is 3.21. The zero-order valence-corrected chi connectivity index (χ0v) is 9.24. The molecule has 0 unspecified atom stereocenters. The van der Waals surface area contributed by atoms with E-state index < -0.39 is 0 Å². The minimum absolute atomic E-state index is 0.113. The molecule has 2 rings (SSSR count). The maximum absolute atomic E-state index is 11.0. The highest BCUT2D eigenvalue weighted by molar-refractivity contribution is 5.76. The number of nitrogens with one attached hydrogen (secondary N) is 1. The van der Waals surface area contributed by atoms with Gasteiger partial charge in [-0.2, -0.15) is 0 Å². The van der Waals surface area contributed by atoms with Crippen LogP contribution in [0.15, 0.2) is 0 Å². The second-order valence-electron chi connectivity index (χ2n) is 4.83. The van der Waals surface area contributed by atoms with Gasteiger partial charge >= 0.3 is 0 Å². The predicted octanol–water partition coefficient (Wildman–Crippen LogP) is -0.207. The number of amides is 1. The number of piperidine rings is 1. The van der Waals surface area contributed by atoms with E-state index in [4.69, 9.17) is 5.73 Å². The van der Waals surface area contributed by atoms with E-state index in [2.05, 4.69) is 10.2 Å². The van der Waals surface area contributed by atoms with Crippen molar-refractivity contribution in [3.05, 3.63) is 0 Å². The van der Waals surface area contributed by atoms with Crippen molar-refractivity contribution in [3.8, 4) is 0 Å². The van der Waals surface area contributed by atoms with Gasteiger partial charge in [0.15, 0.2) is 0 Å². The third kappa shape index (κ3) is 2.92. The topological polar surface area (TPSA) is 58.4 Å². The lowest BCUT2D eigenvalue weighted by Gasteiger charge is -2.33. The average molecular weight is 211 g/mol. The summed E-state index contributed by atoms with van der Waals surface area (Å²) in [5, 5.41) is 3.29. The van der Waals surface area contributed by atoms with Gasteiger partial charge in [0.25, 0.3) is 0 Å². The van der Waals surface area contributed by atoms with E-state index in [0.717, 1.165) is 31.8 Å². The molecule has 0 spiro atoms. The Balaban J connectivity index is 1.62. The molecule has 0 saturated carbocycles. The van der Waals surface area contributed by atoms with Crippen LogP contribution in [0.4, 0.5) is 0 Å². The Bertz CT molecular complexity index is 220. The fourth-order valence-electron chi connectivity index (χ4n) is 2.36. The molecule has 0 atom stereocenters. The Morgan fingerprint density at radius 2 is 2.00 bits per heavy atom. The molecule has 3 N–H and O–H groups in total. The molecule has 86 valence electrons. The number of nitrogens with zero attached hydrogens (tertiary/aromatic N) is 1. The monoisotopic (exact) mass is 211 g/mol. The number of rotatable bonds is 4. The van der Waals surface area contributed by atoms with Crippen molar-refractivity contribution in [3.63, 3.8) is 0 Å². The van der Waals surface area contributed by atoms with E-state index in [1.807, 2.05) is 0 Å². The summed E-state index contributed by atoms with van der Waals surface area (Å²) in [5.74, 6) is 0.906. The summed E-state index contributed by atoms with van der Waals surface area (Å²) in [5.41, 5.74) is 5.30. The molecule has 0 radical (unpaired) electrons. The summed E-state index contributed by atoms with van der Waals surface area (Å²) in [4.78, 5) is 13.4. The van der Waals surface area contributed by atoms with Crippen molar-refractivity contribution in [2.45, 2.75) is 19.3 Å². The maximum Gasteiger partial charge on any atom is 0.220 e. The molecule has 0 aromatic carbocycles. The maximum atomic E-state index is 11.0. The van der Waals surface area contributed by atoms with Gasteiger partial charge in [-0.05, 0) is 57.9 Å². The highest BCUT2D eigenvalue weighted by atomic mass is 16.1. The van der Waals surface area contributed by atoms with E-state index in [-0.39, 0.29) is 11.8 Å². The molecule has 0 bridgehead atoms. The molecule has 2 heterocycles. The average Bonchev–Trinajstić information content (AvgIpc) is 2.16. The van der Waals surface area contributed by atoms with Crippen LogP contribution >= 0.6 is 0 Å². The summed E-state index contributed by atoms with van der Waals surface area (Å²) in [6, 6.07) is 0. The Labute approximate surface area is 91.2 Å². The molecule has 2 aliphatic heterocycles. The van der Waals surface area contributed by atoms with Gasteiger partial charge in [0, 0.05) is 5.92 Å². The molecule has 4 nitrogen and oxygen atoms in total. The smallest absolute Gasteiger partial charge is 0.220 e. The molecule has 0 aromatic heterocycles. The number of nitrogens with two attached hydrogens (primary N) is 1. The Morgan fingerprint density at radius 1 is 1.33 bits per heavy atom. The fraction of sp³-hybridized carbons (Fsp3) is 0.909. The molecule has 2 fully saturated rings. The third-order valence-corrected chi connectivity index (χ3v) is 3.71. The zero-order chi connectivity index (χ0) is 10.7. The Morgan fingerprint density at radius 3 is 2.47 bits per heavy atom. The van der Waals surface area contributed by atoms with Crippen LogP contribution in [0.2, 0.25) is 0 Å². The van der Waals surface area contributed by atoms with Crippen LogP contribution in [-0.2, 0) is 4.79 Å². The minimum atomic E-state index is -0.113. The second-order valence-corrected chi connectivity index (χ2v) is 4.83. The normalized spacial score (nSPS) is 25.1. The summed E-state index contributed by atoms with van der Waals surface area (Å²) >= 11 is 0. The van der Waals surface area contributed by atoms with E-state index in [1.165, 1.54) is 26.1 Å². The molecule has 1 amide bonds. The van der Waals surface area contributed by atoms with Crippen molar-refractivity contribution in [1.29, 1.82) is 0 Å². The fourth-order valence-corrected chi connectivity index (χ4v) is 2.36. The van der Waals surface area contributed by atoms with Gasteiger partial charge in [-0.15, -0.1) is 0 Å².